The first-order chi connectivity index (χ1) is 14.8. The predicted octanol–water partition coefficient (Wildman–Crippen LogP) is 3.68. The molecule has 7 heteroatoms. The van der Waals surface area contributed by atoms with E-state index in [0.717, 1.165) is 16.7 Å². The molecule has 0 radical (unpaired) electrons. The number of esters is 1. The van der Waals surface area contributed by atoms with Gasteiger partial charge in [-0.05, 0) is 61.6 Å². The van der Waals surface area contributed by atoms with E-state index in [1.807, 2.05) is 39.0 Å². The maximum Gasteiger partial charge on any atom is 0.306 e. The first-order valence-electron chi connectivity index (χ1n) is 10.1. The van der Waals surface area contributed by atoms with Crippen LogP contribution in [-0.4, -0.2) is 39.8 Å². The fraction of sp³-hybridized carbons (Fsp3) is 0.417. The van der Waals surface area contributed by atoms with Gasteiger partial charge in [0.05, 0.1) is 27.4 Å². The van der Waals surface area contributed by atoms with Gasteiger partial charge >= 0.3 is 5.97 Å². The van der Waals surface area contributed by atoms with Crippen LogP contribution in [0.25, 0.3) is 0 Å². The quantitative estimate of drug-likeness (QED) is 0.580. The van der Waals surface area contributed by atoms with Crippen LogP contribution >= 0.6 is 0 Å². The Bertz CT molecular complexity index is 899. The molecule has 0 saturated carbocycles. The van der Waals surface area contributed by atoms with Gasteiger partial charge in [0.15, 0.2) is 18.1 Å². The summed E-state index contributed by atoms with van der Waals surface area (Å²) >= 11 is 0. The highest BCUT2D eigenvalue weighted by Gasteiger charge is 2.15. The topological polar surface area (TPSA) is 83.1 Å². The lowest BCUT2D eigenvalue weighted by molar-refractivity contribution is -0.148. The number of amides is 1. The van der Waals surface area contributed by atoms with Crippen LogP contribution in [0.5, 0.6) is 17.2 Å². The van der Waals surface area contributed by atoms with Crippen molar-refractivity contribution in [1.29, 1.82) is 0 Å². The lowest BCUT2D eigenvalue weighted by atomic mass is 10.0. The number of ether oxygens (including phenoxy) is 4. The molecule has 1 N–H and O–H groups in total. The summed E-state index contributed by atoms with van der Waals surface area (Å²) in [7, 11) is 4.60. The lowest BCUT2D eigenvalue weighted by Crippen LogP contribution is -2.31. The normalized spacial score (nSPS) is 11.4. The van der Waals surface area contributed by atoms with Gasteiger partial charge in [-0.3, -0.25) is 9.59 Å². The van der Waals surface area contributed by atoms with E-state index < -0.39 is 5.97 Å². The summed E-state index contributed by atoms with van der Waals surface area (Å²) in [5.41, 5.74) is 4.20. The SMILES string of the molecule is COc1cc(CCC(=O)OCC(=O)N[C@@H](C)c2ccc(C)c(C)c2)cc(OC)c1OC. The minimum absolute atomic E-state index is 0.124. The molecule has 0 unspecified atom stereocenters. The molecular formula is C24H31NO6. The fourth-order valence-electron chi connectivity index (χ4n) is 3.14. The van der Waals surface area contributed by atoms with E-state index in [0.29, 0.717) is 23.7 Å². The third-order valence-electron chi connectivity index (χ3n) is 5.12. The minimum Gasteiger partial charge on any atom is -0.493 e. The van der Waals surface area contributed by atoms with Crippen molar-refractivity contribution in [2.24, 2.45) is 0 Å². The van der Waals surface area contributed by atoms with Crippen LogP contribution in [0.15, 0.2) is 30.3 Å². The molecule has 168 valence electrons. The number of hydrogen-bond acceptors (Lipinski definition) is 6. The van der Waals surface area contributed by atoms with Gasteiger partial charge in [0.2, 0.25) is 5.75 Å². The Labute approximate surface area is 183 Å². The van der Waals surface area contributed by atoms with Crippen LogP contribution in [0.4, 0.5) is 0 Å². The third kappa shape index (κ3) is 6.64. The molecule has 1 atom stereocenters. The summed E-state index contributed by atoms with van der Waals surface area (Å²) in [5.74, 6) is 0.732. The first-order valence-corrected chi connectivity index (χ1v) is 10.1. The van der Waals surface area contributed by atoms with E-state index in [4.69, 9.17) is 18.9 Å². The van der Waals surface area contributed by atoms with Gasteiger partial charge in [-0.2, -0.15) is 0 Å². The van der Waals surface area contributed by atoms with E-state index in [-0.39, 0.29) is 25.0 Å². The fourth-order valence-corrected chi connectivity index (χ4v) is 3.14. The van der Waals surface area contributed by atoms with Crippen molar-refractivity contribution >= 4 is 11.9 Å². The van der Waals surface area contributed by atoms with E-state index in [1.54, 1.807) is 12.1 Å². The molecular weight excluding hydrogens is 398 g/mol. The van der Waals surface area contributed by atoms with Crippen molar-refractivity contribution < 1.29 is 28.5 Å². The molecule has 1 amide bonds. The molecule has 7 nitrogen and oxygen atoms in total. The maximum absolute atomic E-state index is 12.2. The maximum atomic E-state index is 12.2. The molecule has 0 fully saturated rings. The highest BCUT2D eigenvalue weighted by Crippen LogP contribution is 2.38. The van der Waals surface area contributed by atoms with Crippen molar-refractivity contribution in [3.63, 3.8) is 0 Å². The zero-order chi connectivity index (χ0) is 23.0. The number of benzene rings is 2. The molecule has 0 aromatic heterocycles. The Morgan fingerprint density at radius 3 is 2.13 bits per heavy atom. The lowest BCUT2D eigenvalue weighted by Gasteiger charge is -2.16. The average molecular weight is 430 g/mol. The summed E-state index contributed by atoms with van der Waals surface area (Å²) < 4.78 is 21.1. The molecule has 31 heavy (non-hydrogen) atoms. The van der Waals surface area contributed by atoms with Crippen LogP contribution in [-0.2, 0) is 20.7 Å². The number of carbonyl (C=O) groups is 2. The second kappa shape index (κ2) is 11.2. The van der Waals surface area contributed by atoms with Crippen molar-refractivity contribution in [3.8, 4) is 17.2 Å². The predicted molar refractivity (Wildman–Crippen MR) is 118 cm³/mol. The Kier molecular flexibility index (Phi) is 8.73. The molecule has 0 aliphatic heterocycles. The van der Waals surface area contributed by atoms with Crippen LogP contribution in [0.1, 0.15) is 41.6 Å². The largest absolute Gasteiger partial charge is 0.493 e. The number of carbonyl (C=O) groups excluding carboxylic acids is 2. The van der Waals surface area contributed by atoms with E-state index in [1.165, 1.54) is 26.9 Å². The van der Waals surface area contributed by atoms with Gasteiger partial charge in [-0.1, -0.05) is 18.2 Å². The van der Waals surface area contributed by atoms with Crippen molar-refractivity contribution in [1.82, 2.24) is 5.32 Å². The molecule has 2 aromatic carbocycles. The smallest absolute Gasteiger partial charge is 0.306 e. The second-order valence-corrected chi connectivity index (χ2v) is 7.33. The summed E-state index contributed by atoms with van der Waals surface area (Å²) in [4.78, 5) is 24.3. The number of nitrogens with one attached hydrogen (secondary N) is 1. The second-order valence-electron chi connectivity index (χ2n) is 7.33. The van der Waals surface area contributed by atoms with Gasteiger partial charge in [-0.25, -0.2) is 0 Å². The molecule has 0 spiro atoms. The summed E-state index contributed by atoms with van der Waals surface area (Å²) in [5, 5.41) is 2.85. The van der Waals surface area contributed by atoms with Gasteiger partial charge in [0.25, 0.3) is 5.91 Å². The summed E-state index contributed by atoms with van der Waals surface area (Å²) in [6.45, 7) is 5.65. The van der Waals surface area contributed by atoms with Crippen LogP contribution < -0.4 is 19.5 Å². The summed E-state index contributed by atoms with van der Waals surface area (Å²) in [6, 6.07) is 9.44. The van der Waals surface area contributed by atoms with Crippen LogP contribution in [0, 0.1) is 13.8 Å². The van der Waals surface area contributed by atoms with Gasteiger partial charge in [-0.15, -0.1) is 0 Å². The zero-order valence-electron chi connectivity index (χ0n) is 19.0. The molecule has 0 aliphatic rings. The van der Waals surface area contributed by atoms with Crippen molar-refractivity contribution in [2.75, 3.05) is 27.9 Å². The van der Waals surface area contributed by atoms with Crippen molar-refractivity contribution in [3.05, 3.63) is 52.6 Å². The van der Waals surface area contributed by atoms with Gasteiger partial charge < -0.3 is 24.3 Å². The molecule has 2 aromatic rings. The van der Waals surface area contributed by atoms with Crippen LogP contribution in [0.2, 0.25) is 0 Å². The number of methoxy groups -OCH3 is 3. The molecule has 0 saturated heterocycles. The molecule has 2 rings (SSSR count). The molecule has 0 heterocycles. The monoisotopic (exact) mass is 429 g/mol. The molecule has 0 bridgehead atoms. The Balaban J connectivity index is 1.85. The highest BCUT2D eigenvalue weighted by molar-refractivity contribution is 5.81. The van der Waals surface area contributed by atoms with Crippen molar-refractivity contribution in [2.45, 2.75) is 39.7 Å². The number of hydrogen-bond donors (Lipinski definition) is 1. The molecule has 0 aliphatic carbocycles. The van der Waals surface area contributed by atoms with E-state index in [2.05, 4.69) is 5.32 Å². The third-order valence-corrected chi connectivity index (χ3v) is 5.12. The average Bonchev–Trinajstić information content (AvgIpc) is 2.76. The number of aryl methyl sites for hydroxylation is 3. The van der Waals surface area contributed by atoms with E-state index >= 15 is 0 Å². The number of rotatable bonds is 10. The standard InChI is InChI=1S/C24H31NO6/c1-15-7-9-19(11-16(15)2)17(3)25-22(26)14-31-23(27)10-8-18-12-20(28-4)24(30-6)21(13-18)29-5/h7,9,11-13,17H,8,10,14H2,1-6H3,(H,25,26)/t17-/m0/s1. The first kappa shape index (κ1) is 24.1. The zero-order valence-corrected chi connectivity index (χ0v) is 19.0. The highest BCUT2D eigenvalue weighted by atomic mass is 16.5. The Morgan fingerprint density at radius 1 is 0.935 bits per heavy atom. The minimum atomic E-state index is -0.456. The van der Waals surface area contributed by atoms with Crippen LogP contribution in [0.3, 0.4) is 0 Å². The van der Waals surface area contributed by atoms with Gasteiger partial charge in [0, 0.05) is 6.42 Å². The Morgan fingerprint density at radius 2 is 1.58 bits per heavy atom. The van der Waals surface area contributed by atoms with E-state index in [9.17, 15) is 9.59 Å². The Hall–Kier alpha value is -3.22. The summed E-state index contributed by atoms with van der Waals surface area (Å²) in [6.07, 6.45) is 0.537. The van der Waals surface area contributed by atoms with Gasteiger partial charge in [0.1, 0.15) is 0 Å².